The summed E-state index contributed by atoms with van der Waals surface area (Å²) in [5, 5.41) is 10.6. The van der Waals surface area contributed by atoms with Gasteiger partial charge in [-0.05, 0) is 25.5 Å². The van der Waals surface area contributed by atoms with Crippen molar-refractivity contribution in [2.45, 2.75) is 25.3 Å². The SMILES string of the molecule is NCCCC[C@@H](N)c1ccc([N+](=O)[O-])s1. The van der Waals surface area contributed by atoms with E-state index in [2.05, 4.69) is 0 Å². The zero-order chi connectivity index (χ0) is 11.3. The molecule has 0 bridgehead atoms. The molecule has 0 aliphatic carbocycles. The number of unbranched alkanes of at least 4 members (excludes halogenated alkanes) is 1. The molecule has 0 spiro atoms. The third-order valence-electron chi connectivity index (χ3n) is 2.13. The lowest BCUT2D eigenvalue weighted by Gasteiger charge is -2.07. The molecule has 0 unspecified atom stereocenters. The van der Waals surface area contributed by atoms with E-state index in [1.165, 1.54) is 6.07 Å². The van der Waals surface area contributed by atoms with Crippen LogP contribution < -0.4 is 11.5 Å². The van der Waals surface area contributed by atoms with Crippen LogP contribution in [-0.2, 0) is 0 Å². The first-order chi connectivity index (χ1) is 7.15. The second kappa shape index (κ2) is 5.79. The van der Waals surface area contributed by atoms with Gasteiger partial charge in [-0.3, -0.25) is 10.1 Å². The quantitative estimate of drug-likeness (QED) is 0.441. The molecule has 0 saturated heterocycles. The largest absolute Gasteiger partial charge is 0.330 e. The summed E-state index contributed by atoms with van der Waals surface area (Å²) < 4.78 is 0. The first-order valence-electron chi connectivity index (χ1n) is 4.85. The lowest BCUT2D eigenvalue weighted by Crippen LogP contribution is -2.09. The van der Waals surface area contributed by atoms with Crippen molar-refractivity contribution >= 4 is 16.3 Å². The average Bonchev–Trinajstić information content (AvgIpc) is 2.66. The van der Waals surface area contributed by atoms with E-state index in [1.807, 2.05) is 0 Å². The summed E-state index contributed by atoms with van der Waals surface area (Å²) in [7, 11) is 0. The molecule has 0 fully saturated rings. The van der Waals surface area contributed by atoms with Crippen LogP contribution in [0, 0.1) is 10.1 Å². The lowest BCUT2D eigenvalue weighted by atomic mass is 10.1. The Kier molecular flexibility index (Phi) is 4.67. The van der Waals surface area contributed by atoms with E-state index >= 15 is 0 Å². The zero-order valence-electron chi connectivity index (χ0n) is 8.39. The molecule has 0 aliphatic heterocycles. The van der Waals surface area contributed by atoms with Crippen LogP contribution in [-0.4, -0.2) is 11.5 Å². The maximum absolute atomic E-state index is 10.5. The lowest BCUT2D eigenvalue weighted by molar-refractivity contribution is -0.380. The Hall–Kier alpha value is -0.980. The van der Waals surface area contributed by atoms with Crippen LogP contribution in [0.15, 0.2) is 12.1 Å². The van der Waals surface area contributed by atoms with Crippen molar-refractivity contribution in [1.82, 2.24) is 0 Å². The Morgan fingerprint density at radius 2 is 2.20 bits per heavy atom. The van der Waals surface area contributed by atoms with Gasteiger partial charge in [0.1, 0.15) is 0 Å². The van der Waals surface area contributed by atoms with Crippen molar-refractivity contribution in [3.8, 4) is 0 Å². The average molecular weight is 229 g/mol. The number of hydrogen-bond acceptors (Lipinski definition) is 5. The summed E-state index contributed by atoms with van der Waals surface area (Å²) in [6, 6.07) is 3.13. The van der Waals surface area contributed by atoms with Crippen LogP contribution in [0.2, 0.25) is 0 Å². The summed E-state index contributed by atoms with van der Waals surface area (Å²) >= 11 is 1.15. The standard InChI is InChI=1S/C9H15N3O2S/c10-6-2-1-3-7(11)8-4-5-9(15-8)12(13)14/h4-5,7H,1-3,6,10-11H2/t7-/m1/s1. The predicted octanol–water partition coefficient (Wildman–Crippen LogP) is 1.79. The third kappa shape index (κ3) is 3.58. The van der Waals surface area contributed by atoms with Crippen molar-refractivity contribution in [1.29, 1.82) is 0 Å². The second-order valence-electron chi connectivity index (χ2n) is 3.32. The van der Waals surface area contributed by atoms with Crippen LogP contribution in [0.3, 0.4) is 0 Å². The van der Waals surface area contributed by atoms with Gasteiger partial charge in [0, 0.05) is 17.0 Å². The second-order valence-corrected chi connectivity index (χ2v) is 4.42. The molecular formula is C9H15N3O2S. The van der Waals surface area contributed by atoms with E-state index in [0.29, 0.717) is 6.54 Å². The van der Waals surface area contributed by atoms with Crippen LogP contribution >= 0.6 is 11.3 Å². The van der Waals surface area contributed by atoms with Gasteiger partial charge in [0.25, 0.3) is 0 Å². The number of thiophene rings is 1. The molecule has 1 rings (SSSR count). The number of hydrogen-bond donors (Lipinski definition) is 2. The predicted molar refractivity (Wildman–Crippen MR) is 60.8 cm³/mol. The number of nitrogens with two attached hydrogens (primary N) is 2. The molecule has 4 N–H and O–H groups in total. The number of nitrogens with zero attached hydrogens (tertiary/aromatic N) is 1. The van der Waals surface area contributed by atoms with E-state index < -0.39 is 0 Å². The van der Waals surface area contributed by atoms with Gasteiger partial charge in [-0.15, -0.1) is 0 Å². The Morgan fingerprint density at radius 1 is 1.47 bits per heavy atom. The molecule has 1 aromatic heterocycles. The van der Waals surface area contributed by atoms with Crippen molar-refractivity contribution in [3.05, 3.63) is 27.1 Å². The minimum Gasteiger partial charge on any atom is -0.330 e. The van der Waals surface area contributed by atoms with Crippen molar-refractivity contribution in [2.24, 2.45) is 11.5 Å². The maximum atomic E-state index is 10.5. The van der Waals surface area contributed by atoms with Gasteiger partial charge in [0.05, 0.1) is 4.92 Å². The fourth-order valence-corrected chi connectivity index (χ4v) is 2.15. The van der Waals surface area contributed by atoms with Gasteiger partial charge in [-0.1, -0.05) is 17.8 Å². The summed E-state index contributed by atoms with van der Waals surface area (Å²) in [6.45, 7) is 0.664. The minimum absolute atomic E-state index is 0.102. The highest BCUT2D eigenvalue weighted by Gasteiger charge is 2.14. The normalized spacial score (nSPS) is 12.7. The Labute approximate surface area is 92.2 Å². The highest BCUT2D eigenvalue weighted by molar-refractivity contribution is 7.15. The summed E-state index contributed by atoms with van der Waals surface area (Å²) in [4.78, 5) is 10.9. The van der Waals surface area contributed by atoms with Gasteiger partial charge in [-0.2, -0.15) is 0 Å². The van der Waals surface area contributed by atoms with E-state index in [-0.39, 0.29) is 16.0 Å². The Morgan fingerprint density at radius 3 is 2.73 bits per heavy atom. The van der Waals surface area contributed by atoms with Gasteiger partial charge in [0.2, 0.25) is 0 Å². The first kappa shape index (κ1) is 12.1. The summed E-state index contributed by atoms with van der Waals surface area (Å²) in [5.74, 6) is 0. The summed E-state index contributed by atoms with van der Waals surface area (Å²) in [5.41, 5.74) is 11.3. The molecule has 0 amide bonds. The Bertz CT molecular complexity index is 327. The van der Waals surface area contributed by atoms with Crippen LogP contribution in [0.25, 0.3) is 0 Å². The molecule has 6 heteroatoms. The van der Waals surface area contributed by atoms with E-state index in [4.69, 9.17) is 11.5 Å². The Balaban J connectivity index is 2.50. The van der Waals surface area contributed by atoms with Crippen LogP contribution in [0.4, 0.5) is 5.00 Å². The fraction of sp³-hybridized carbons (Fsp3) is 0.556. The molecule has 1 aromatic rings. The molecule has 5 nitrogen and oxygen atoms in total. The topological polar surface area (TPSA) is 95.2 Å². The van der Waals surface area contributed by atoms with Gasteiger partial charge >= 0.3 is 5.00 Å². The monoisotopic (exact) mass is 229 g/mol. The highest BCUT2D eigenvalue weighted by Crippen LogP contribution is 2.29. The number of nitro groups is 1. The van der Waals surface area contributed by atoms with Gasteiger partial charge in [-0.25, -0.2) is 0 Å². The molecule has 0 aromatic carbocycles. The molecule has 0 radical (unpaired) electrons. The van der Waals surface area contributed by atoms with E-state index in [9.17, 15) is 10.1 Å². The smallest absolute Gasteiger partial charge is 0.324 e. The summed E-state index contributed by atoms with van der Waals surface area (Å²) in [6.07, 6.45) is 2.74. The van der Waals surface area contributed by atoms with Crippen molar-refractivity contribution < 1.29 is 4.92 Å². The van der Waals surface area contributed by atoms with Crippen molar-refractivity contribution in [2.75, 3.05) is 6.54 Å². The molecule has 1 heterocycles. The maximum Gasteiger partial charge on any atom is 0.324 e. The minimum atomic E-state index is -0.388. The molecular weight excluding hydrogens is 214 g/mol. The van der Waals surface area contributed by atoms with Crippen molar-refractivity contribution in [3.63, 3.8) is 0 Å². The molecule has 0 aliphatic rings. The highest BCUT2D eigenvalue weighted by atomic mass is 32.1. The van der Waals surface area contributed by atoms with Crippen LogP contribution in [0.5, 0.6) is 0 Å². The third-order valence-corrected chi connectivity index (χ3v) is 3.30. The molecule has 1 atom stereocenters. The fourth-order valence-electron chi connectivity index (χ4n) is 1.29. The zero-order valence-corrected chi connectivity index (χ0v) is 9.20. The molecule has 84 valence electrons. The van der Waals surface area contributed by atoms with Crippen LogP contribution in [0.1, 0.15) is 30.2 Å². The van der Waals surface area contributed by atoms with E-state index in [0.717, 1.165) is 35.5 Å². The van der Waals surface area contributed by atoms with Gasteiger partial charge < -0.3 is 11.5 Å². The van der Waals surface area contributed by atoms with Gasteiger partial charge in [0.15, 0.2) is 0 Å². The van der Waals surface area contributed by atoms with E-state index in [1.54, 1.807) is 6.07 Å². The molecule has 0 saturated carbocycles. The molecule has 15 heavy (non-hydrogen) atoms. The number of rotatable bonds is 6. The first-order valence-corrected chi connectivity index (χ1v) is 5.66.